The molecule has 0 bridgehead atoms. The zero-order chi connectivity index (χ0) is 13.4. The van der Waals surface area contributed by atoms with Crippen molar-refractivity contribution in [2.45, 2.75) is 45.7 Å². The third-order valence-electron chi connectivity index (χ3n) is 3.58. The Morgan fingerprint density at radius 3 is 2.84 bits per heavy atom. The Morgan fingerprint density at radius 2 is 2.16 bits per heavy atom. The normalized spacial score (nSPS) is 15.6. The van der Waals surface area contributed by atoms with E-state index in [0.717, 1.165) is 30.4 Å². The second kappa shape index (κ2) is 5.44. The van der Waals surface area contributed by atoms with Crippen molar-refractivity contribution in [1.82, 2.24) is 5.32 Å². The summed E-state index contributed by atoms with van der Waals surface area (Å²) in [5.74, 6) is 1.79. The maximum absolute atomic E-state index is 6.07. The second-order valence-corrected chi connectivity index (χ2v) is 7.14. The van der Waals surface area contributed by atoms with Gasteiger partial charge in [-0.15, -0.1) is 0 Å². The number of nitrogens with one attached hydrogen (secondary N) is 1. The molecule has 19 heavy (non-hydrogen) atoms. The van der Waals surface area contributed by atoms with Crippen molar-refractivity contribution in [1.29, 1.82) is 0 Å². The van der Waals surface area contributed by atoms with Crippen molar-refractivity contribution in [3.05, 3.63) is 33.1 Å². The Hall–Kier alpha value is -0.550. The molecule has 3 rings (SSSR count). The summed E-state index contributed by atoms with van der Waals surface area (Å²) in [6.07, 6.45) is 3.73. The van der Waals surface area contributed by atoms with Gasteiger partial charge in [0, 0.05) is 20.6 Å². The minimum atomic E-state index is 0.651. The molecule has 0 radical (unpaired) electrons. The van der Waals surface area contributed by atoms with Crippen molar-refractivity contribution in [3.63, 3.8) is 0 Å². The average molecular weight is 369 g/mol. The molecule has 0 saturated heterocycles. The van der Waals surface area contributed by atoms with Gasteiger partial charge in [0.1, 0.15) is 11.3 Å². The lowest BCUT2D eigenvalue weighted by molar-refractivity contribution is 0.500. The predicted octanol–water partition coefficient (Wildman–Crippen LogP) is 4.49. The van der Waals surface area contributed by atoms with Crippen LogP contribution in [0.5, 0.6) is 0 Å². The van der Waals surface area contributed by atoms with Crippen molar-refractivity contribution >= 4 is 33.6 Å². The van der Waals surface area contributed by atoms with Crippen molar-refractivity contribution in [3.8, 4) is 0 Å². The summed E-state index contributed by atoms with van der Waals surface area (Å²) in [6, 6.07) is 7.18. The number of rotatable bonds is 5. The molecule has 0 aliphatic heterocycles. The Balaban J connectivity index is 1.97. The van der Waals surface area contributed by atoms with E-state index in [1.807, 2.05) is 0 Å². The second-order valence-electron chi connectivity index (χ2n) is 5.90. The maximum Gasteiger partial charge on any atom is 0.134 e. The molecule has 1 aliphatic rings. The average Bonchev–Trinajstić information content (AvgIpc) is 3.12. The van der Waals surface area contributed by atoms with E-state index >= 15 is 0 Å². The third kappa shape index (κ3) is 3.14. The summed E-state index contributed by atoms with van der Waals surface area (Å²) in [4.78, 5) is 0. The first-order valence-electron chi connectivity index (χ1n) is 7.06. The van der Waals surface area contributed by atoms with Gasteiger partial charge in [-0.25, -0.2) is 0 Å². The van der Waals surface area contributed by atoms with Crippen molar-refractivity contribution in [2.24, 2.45) is 5.92 Å². The molecule has 3 heteroatoms. The zero-order valence-corrected chi connectivity index (χ0v) is 13.7. The molecule has 0 unspecified atom stereocenters. The lowest BCUT2D eigenvalue weighted by atomic mass is 10.00. The first kappa shape index (κ1) is 13.4. The zero-order valence-electron chi connectivity index (χ0n) is 11.5. The highest BCUT2D eigenvalue weighted by Crippen LogP contribution is 2.30. The lowest BCUT2D eigenvalue weighted by Crippen LogP contribution is -2.16. The van der Waals surface area contributed by atoms with E-state index in [1.54, 1.807) is 0 Å². The highest BCUT2D eigenvalue weighted by molar-refractivity contribution is 14.1. The van der Waals surface area contributed by atoms with Gasteiger partial charge in [-0.05, 0) is 66.0 Å². The van der Waals surface area contributed by atoms with E-state index < -0.39 is 0 Å². The van der Waals surface area contributed by atoms with Crippen LogP contribution in [0.25, 0.3) is 11.0 Å². The van der Waals surface area contributed by atoms with Gasteiger partial charge < -0.3 is 9.73 Å². The number of fused-ring (bicyclic) bond motifs is 1. The fourth-order valence-electron chi connectivity index (χ4n) is 2.47. The number of benzene rings is 1. The minimum Gasteiger partial charge on any atom is -0.459 e. The summed E-state index contributed by atoms with van der Waals surface area (Å²) >= 11 is 2.37. The fraction of sp³-hybridized carbons (Fsp3) is 0.500. The van der Waals surface area contributed by atoms with Crippen molar-refractivity contribution < 1.29 is 4.42 Å². The van der Waals surface area contributed by atoms with Crippen LogP contribution >= 0.6 is 22.6 Å². The molecule has 1 N–H and O–H groups in total. The molecule has 0 spiro atoms. The first-order chi connectivity index (χ1) is 9.13. The van der Waals surface area contributed by atoms with Crippen LogP contribution in [0.15, 0.2) is 22.6 Å². The maximum atomic E-state index is 6.07. The van der Waals surface area contributed by atoms with Gasteiger partial charge >= 0.3 is 0 Å². The van der Waals surface area contributed by atoms with Gasteiger partial charge in [0.25, 0.3) is 0 Å². The molecule has 1 fully saturated rings. The number of hydrogen-bond donors (Lipinski definition) is 1. The van der Waals surface area contributed by atoms with Gasteiger partial charge in [0.2, 0.25) is 0 Å². The summed E-state index contributed by atoms with van der Waals surface area (Å²) in [6.45, 7) is 5.41. The monoisotopic (exact) mass is 369 g/mol. The number of furan rings is 1. The SMILES string of the molecule is CC(C)Cc1c(CNC2CC2)oc2ccc(I)cc12. The summed E-state index contributed by atoms with van der Waals surface area (Å²) in [7, 11) is 0. The van der Waals surface area contributed by atoms with Gasteiger partial charge in [-0.1, -0.05) is 13.8 Å². The van der Waals surface area contributed by atoms with Crippen molar-refractivity contribution in [2.75, 3.05) is 0 Å². The lowest BCUT2D eigenvalue weighted by Gasteiger charge is -2.07. The smallest absolute Gasteiger partial charge is 0.134 e. The van der Waals surface area contributed by atoms with Gasteiger partial charge in [0.05, 0.1) is 6.54 Å². The molecule has 2 aromatic rings. The summed E-state index contributed by atoms with van der Waals surface area (Å²) in [5, 5.41) is 4.87. The van der Waals surface area contributed by atoms with Gasteiger partial charge in [0.15, 0.2) is 0 Å². The van der Waals surface area contributed by atoms with E-state index in [0.29, 0.717) is 5.92 Å². The van der Waals surface area contributed by atoms with E-state index in [9.17, 15) is 0 Å². The Bertz CT molecular complexity index is 584. The van der Waals surface area contributed by atoms with Crippen LogP contribution in [0, 0.1) is 9.49 Å². The third-order valence-corrected chi connectivity index (χ3v) is 4.25. The van der Waals surface area contributed by atoms with Crippen LogP contribution in [0.3, 0.4) is 0 Å². The number of halogens is 1. The molecule has 1 saturated carbocycles. The van der Waals surface area contributed by atoms with E-state index in [-0.39, 0.29) is 0 Å². The Labute approximate surface area is 128 Å². The molecule has 1 aromatic heterocycles. The number of hydrogen-bond acceptors (Lipinski definition) is 2. The van der Waals surface area contributed by atoms with Gasteiger partial charge in [-0.2, -0.15) is 0 Å². The van der Waals surface area contributed by atoms with Crippen LogP contribution in [-0.4, -0.2) is 6.04 Å². The topological polar surface area (TPSA) is 25.2 Å². The molecule has 102 valence electrons. The highest BCUT2D eigenvalue weighted by atomic mass is 127. The largest absolute Gasteiger partial charge is 0.459 e. The van der Waals surface area contributed by atoms with Crippen LogP contribution in [-0.2, 0) is 13.0 Å². The highest BCUT2D eigenvalue weighted by Gasteiger charge is 2.22. The van der Waals surface area contributed by atoms with E-state index in [2.05, 4.69) is 60.0 Å². The van der Waals surface area contributed by atoms with Crippen LogP contribution in [0.2, 0.25) is 0 Å². The predicted molar refractivity (Wildman–Crippen MR) is 87.3 cm³/mol. The molecular weight excluding hydrogens is 349 g/mol. The van der Waals surface area contributed by atoms with Crippen LogP contribution in [0.4, 0.5) is 0 Å². The van der Waals surface area contributed by atoms with E-state index in [1.165, 1.54) is 27.4 Å². The first-order valence-corrected chi connectivity index (χ1v) is 8.14. The summed E-state index contributed by atoms with van der Waals surface area (Å²) < 4.78 is 7.34. The minimum absolute atomic E-state index is 0.651. The fourth-order valence-corrected chi connectivity index (χ4v) is 2.96. The molecular formula is C16H20INO. The molecule has 2 nitrogen and oxygen atoms in total. The van der Waals surface area contributed by atoms with Gasteiger partial charge in [-0.3, -0.25) is 0 Å². The Morgan fingerprint density at radius 1 is 1.37 bits per heavy atom. The standard InChI is InChI=1S/C16H20INO/c1-10(2)7-13-14-8-11(17)3-6-15(14)19-16(13)9-18-12-4-5-12/h3,6,8,10,12,18H,4-5,7,9H2,1-2H3. The summed E-state index contributed by atoms with van der Waals surface area (Å²) in [5.41, 5.74) is 2.43. The molecule has 1 aromatic carbocycles. The molecule has 0 amide bonds. The van der Waals surface area contributed by atoms with Crippen LogP contribution in [0.1, 0.15) is 38.0 Å². The Kier molecular flexibility index (Phi) is 3.85. The molecule has 1 heterocycles. The van der Waals surface area contributed by atoms with E-state index in [4.69, 9.17) is 4.42 Å². The quantitative estimate of drug-likeness (QED) is 0.786. The molecule has 1 aliphatic carbocycles. The van der Waals surface area contributed by atoms with Crippen LogP contribution < -0.4 is 5.32 Å². The molecule has 0 atom stereocenters.